The van der Waals surface area contributed by atoms with Gasteiger partial charge in [0, 0.05) is 12.5 Å². The van der Waals surface area contributed by atoms with E-state index in [1.165, 1.54) is 32.1 Å². The summed E-state index contributed by atoms with van der Waals surface area (Å²) in [5, 5.41) is 3.26. The van der Waals surface area contributed by atoms with E-state index in [1.54, 1.807) is 0 Å². The Hall–Kier alpha value is -0.640. The second-order valence-electron chi connectivity index (χ2n) is 4.54. The first kappa shape index (κ1) is 9.90. The molecular weight excluding hydrogens is 194 g/mol. The summed E-state index contributed by atoms with van der Waals surface area (Å²) in [5.41, 5.74) is 0.229. The highest BCUT2D eigenvalue weighted by Crippen LogP contribution is 2.36. The zero-order valence-electron chi connectivity index (χ0n) is 8.84. The molecule has 0 aliphatic heterocycles. The van der Waals surface area contributed by atoms with Gasteiger partial charge in [-0.2, -0.15) is 0 Å². The van der Waals surface area contributed by atoms with Crippen molar-refractivity contribution in [2.45, 2.75) is 44.4 Å². The van der Waals surface area contributed by atoms with Crippen LogP contribution in [0.25, 0.3) is 0 Å². The van der Waals surface area contributed by atoms with Crippen molar-refractivity contribution < 1.29 is 0 Å². The molecule has 1 aliphatic carbocycles. The number of hydrogen-bond donors (Lipinski definition) is 1. The number of H-pyrrole nitrogens is 1. The maximum Gasteiger partial charge on any atom is 0.215 e. The minimum atomic E-state index is 0.229. The summed E-state index contributed by atoms with van der Waals surface area (Å²) < 4.78 is 2.48. The van der Waals surface area contributed by atoms with Gasteiger partial charge in [0.25, 0.3) is 0 Å². The van der Waals surface area contributed by atoms with Crippen LogP contribution in [-0.2, 0) is 12.5 Å². The monoisotopic (exact) mass is 211 g/mol. The molecule has 0 atom stereocenters. The van der Waals surface area contributed by atoms with E-state index >= 15 is 0 Å². The second kappa shape index (κ2) is 3.50. The third-order valence-electron chi connectivity index (χ3n) is 3.30. The summed E-state index contributed by atoms with van der Waals surface area (Å²) in [6.07, 6.45) is 6.45. The van der Waals surface area contributed by atoms with E-state index < -0.39 is 0 Å². The Morgan fingerprint density at radius 2 is 2.00 bits per heavy atom. The third kappa shape index (κ3) is 1.63. The van der Waals surface area contributed by atoms with Gasteiger partial charge in [0.05, 0.1) is 0 Å². The first-order valence-electron chi connectivity index (χ1n) is 5.25. The van der Waals surface area contributed by atoms with Crippen LogP contribution >= 0.6 is 12.2 Å². The molecule has 3 nitrogen and oxygen atoms in total. The lowest BCUT2D eigenvalue weighted by atomic mass is 9.75. The molecule has 0 saturated heterocycles. The van der Waals surface area contributed by atoms with E-state index in [0.717, 1.165) is 5.82 Å². The topological polar surface area (TPSA) is 33.6 Å². The van der Waals surface area contributed by atoms with Gasteiger partial charge in [-0.15, -0.1) is 0 Å². The molecule has 0 spiro atoms. The highest BCUT2D eigenvalue weighted by atomic mass is 32.1. The van der Waals surface area contributed by atoms with Crippen LogP contribution in [0, 0.1) is 4.77 Å². The largest absolute Gasteiger partial charge is 0.283 e. The van der Waals surface area contributed by atoms with Crippen LogP contribution in [0.15, 0.2) is 0 Å². The van der Waals surface area contributed by atoms with Crippen molar-refractivity contribution in [3.63, 3.8) is 0 Å². The molecule has 0 amide bonds. The molecule has 1 saturated carbocycles. The Kier molecular flexibility index (Phi) is 2.47. The fourth-order valence-corrected chi connectivity index (χ4v) is 2.38. The molecule has 0 unspecified atom stereocenters. The molecule has 2 rings (SSSR count). The summed E-state index contributed by atoms with van der Waals surface area (Å²) in [6.45, 7) is 2.29. The number of aromatic nitrogens is 3. The molecule has 1 aromatic rings. The van der Waals surface area contributed by atoms with Crippen molar-refractivity contribution in [2.75, 3.05) is 0 Å². The van der Waals surface area contributed by atoms with E-state index in [1.807, 2.05) is 11.7 Å². The zero-order valence-corrected chi connectivity index (χ0v) is 9.65. The number of aromatic amines is 1. The fraction of sp³-hybridized carbons (Fsp3) is 0.800. The first-order valence-corrected chi connectivity index (χ1v) is 5.66. The third-order valence-corrected chi connectivity index (χ3v) is 3.66. The quantitative estimate of drug-likeness (QED) is 0.725. The zero-order chi connectivity index (χ0) is 10.2. The molecule has 4 heteroatoms. The van der Waals surface area contributed by atoms with Crippen LogP contribution in [0.4, 0.5) is 0 Å². The molecular formula is C10H17N3S. The summed E-state index contributed by atoms with van der Waals surface area (Å²) in [6, 6.07) is 0. The lowest BCUT2D eigenvalue weighted by molar-refractivity contribution is 0.303. The molecule has 1 aliphatic rings. The number of hydrogen-bond acceptors (Lipinski definition) is 2. The fourth-order valence-electron chi connectivity index (χ4n) is 2.24. The van der Waals surface area contributed by atoms with Gasteiger partial charge in [-0.1, -0.05) is 26.2 Å². The smallest absolute Gasteiger partial charge is 0.215 e. The normalized spacial score (nSPS) is 21.0. The van der Waals surface area contributed by atoms with Crippen molar-refractivity contribution in [3.05, 3.63) is 10.6 Å². The van der Waals surface area contributed by atoms with Gasteiger partial charge in [0.15, 0.2) is 0 Å². The maximum atomic E-state index is 5.11. The van der Waals surface area contributed by atoms with Crippen LogP contribution in [0.3, 0.4) is 0 Å². The van der Waals surface area contributed by atoms with Gasteiger partial charge in [-0.3, -0.25) is 9.78 Å². The number of nitrogens with one attached hydrogen (secondary N) is 1. The van der Waals surface area contributed by atoms with Crippen molar-refractivity contribution >= 4 is 12.2 Å². The number of rotatable bonds is 1. The summed E-state index contributed by atoms with van der Waals surface area (Å²) >= 11 is 5.11. The molecule has 0 bridgehead atoms. The molecule has 78 valence electrons. The van der Waals surface area contributed by atoms with Gasteiger partial charge >= 0.3 is 0 Å². The molecule has 1 heterocycles. The molecule has 1 aromatic heterocycles. The van der Waals surface area contributed by atoms with E-state index in [4.69, 9.17) is 12.2 Å². The number of nitrogens with zero attached hydrogens (tertiary/aromatic N) is 2. The van der Waals surface area contributed by atoms with Gasteiger partial charge in [0.2, 0.25) is 4.77 Å². The van der Waals surface area contributed by atoms with Gasteiger partial charge < -0.3 is 0 Å². The standard InChI is InChI=1S/C10H17N3S/c1-10(6-4-3-5-7-10)8-11-9(14)13(2)12-8/h3-7H2,1-2H3,(H,11,12,14). The minimum absolute atomic E-state index is 0.229. The highest BCUT2D eigenvalue weighted by Gasteiger charge is 2.31. The van der Waals surface area contributed by atoms with Crippen molar-refractivity contribution in [1.29, 1.82) is 0 Å². The van der Waals surface area contributed by atoms with Crippen molar-refractivity contribution in [1.82, 2.24) is 14.8 Å². The van der Waals surface area contributed by atoms with E-state index in [0.29, 0.717) is 4.77 Å². The Morgan fingerprint density at radius 3 is 2.50 bits per heavy atom. The SMILES string of the molecule is Cn1[nH]c(C2(C)CCCCC2)nc1=S. The summed E-state index contributed by atoms with van der Waals surface area (Å²) in [7, 11) is 1.92. The average molecular weight is 211 g/mol. The Balaban J connectivity index is 2.32. The number of aryl methyl sites for hydroxylation is 1. The van der Waals surface area contributed by atoms with Gasteiger partial charge in [-0.05, 0) is 25.1 Å². The Morgan fingerprint density at radius 1 is 1.36 bits per heavy atom. The molecule has 14 heavy (non-hydrogen) atoms. The molecule has 1 N–H and O–H groups in total. The Labute approximate surface area is 89.5 Å². The lowest BCUT2D eigenvalue weighted by Gasteiger charge is -2.31. The van der Waals surface area contributed by atoms with Gasteiger partial charge in [-0.25, -0.2) is 4.98 Å². The average Bonchev–Trinajstić information content (AvgIpc) is 2.49. The van der Waals surface area contributed by atoms with E-state index in [2.05, 4.69) is 17.0 Å². The lowest BCUT2D eigenvalue weighted by Crippen LogP contribution is -2.26. The van der Waals surface area contributed by atoms with Crippen LogP contribution < -0.4 is 0 Å². The minimum Gasteiger partial charge on any atom is -0.283 e. The highest BCUT2D eigenvalue weighted by molar-refractivity contribution is 7.71. The summed E-state index contributed by atoms with van der Waals surface area (Å²) in [4.78, 5) is 4.43. The predicted octanol–water partition coefficient (Wildman–Crippen LogP) is 2.70. The van der Waals surface area contributed by atoms with Crippen molar-refractivity contribution in [3.8, 4) is 0 Å². The van der Waals surface area contributed by atoms with Crippen LogP contribution in [0.1, 0.15) is 44.9 Å². The van der Waals surface area contributed by atoms with E-state index in [-0.39, 0.29) is 5.41 Å². The molecule has 1 fully saturated rings. The first-order chi connectivity index (χ1) is 6.62. The van der Waals surface area contributed by atoms with Crippen LogP contribution in [-0.4, -0.2) is 14.8 Å². The maximum absolute atomic E-state index is 5.11. The van der Waals surface area contributed by atoms with Crippen LogP contribution in [0.2, 0.25) is 0 Å². The molecule has 0 aromatic carbocycles. The van der Waals surface area contributed by atoms with E-state index in [9.17, 15) is 0 Å². The molecule has 0 radical (unpaired) electrons. The van der Waals surface area contributed by atoms with Crippen molar-refractivity contribution in [2.24, 2.45) is 7.05 Å². The van der Waals surface area contributed by atoms with Crippen LogP contribution in [0.5, 0.6) is 0 Å². The Bertz CT molecular complexity index is 371. The van der Waals surface area contributed by atoms with Gasteiger partial charge in [0.1, 0.15) is 5.82 Å². The second-order valence-corrected chi connectivity index (χ2v) is 4.90. The predicted molar refractivity (Wildman–Crippen MR) is 58.8 cm³/mol. The summed E-state index contributed by atoms with van der Waals surface area (Å²) in [5.74, 6) is 1.07.